The standard InChI is InChI=1S/C19H27N5O/c1-13-21-19(25-24-13)14-11-17(22-15-9-5-6-10-15)18(20-12-14)23-16-7-3-2-4-8-16/h11-12,15-16,22H,2-10H2,1H3,(H,20,23). The molecule has 0 radical (unpaired) electrons. The lowest BCUT2D eigenvalue weighted by Crippen LogP contribution is -2.24. The summed E-state index contributed by atoms with van der Waals surface area (Å²) in [7, 11) is 0. The number of anilines is 2. The van der Waals surface area contributed by atoms with Crippen molar-refractivity contribution in [3.8, 4) is 11.5 Å². The van der Waals surface area contributed by atoms with Crippen molar-refractivity contribution in [2.24, 2.45) is 0 Å². The Bertz CT molecular complexity index is 702. The van der Waals surface area contributed by atoms with E-state index in [1.807, 2.05) is 13.1 Å². The van der Waals surface area contributed by atoms with Crippen LogP contribution in [0.25, 0.3) is 11.5 Å². The highest BCUT2D eigenvalue weighted by Crippen LogP contribution is 2.31. The van der Waals surface area contributed by atoms with Crippen molar-refractivity contribution in [3.05, 3.63) is 18.1 Å². The van der Waals surface area contributed by atoms with Gasteiger partial charge in [0.15, 0.2) is 5.82 Å². The predicted octanol–water partition coefficient (Wildman–Crippen LogP) is 4.54. The van der Waals surface area contributed by atoms with E-state index in [4.69, 9.17) is 9.51 Å². The fourth-order valence-corrected chi connectivity index (χ4v) is 3.95. The Kier molecular flexibility index (Phi) is 4.85. The number of hydrogen-bond donors (Lipinski definition) is 2. The maximum absolute atomic E-state index is 5.32. The van der Waals surface area contributed by atoms with Gasteiger partial charge in [-0.25, -0.2) is 4.98 Å². The SMILES string of the molecule is Cc1noc(-c2cnc(NC3CCCCC3)c(NC3CCCC3)c2)n1. The third-order valence-electron chi connectivity index (χ3n) is 5.32. The first-order valence-corrected chi connectivity index (χ1v) is 9.62. The minimum atomic E-state index is 0.530. The molecule has 25 heavy (non-hydrogen) atoms. The summed E-state index contributed by atoms with van der Waals surface area (Å²) in [6.07, 6.45) is 13.3. The van der Waals surface area contributed by atoms with E-state index in [2.05, 4.69) is 26.8 Å². The molecule has 2 saturated carbocycles. The molecule has 2 heterocycles. The highest BCUT2D eigenvalue weighted by atomic mass is 16.5. The van der Waals surface area contributed by atoms with Crippen LogP contribution in [0.2, 0.25) is 0 Å². The van der Waals surface area contributed by atoms with E-state index in [-0.39, 0.29) is 0 Å². The molecule has 2 aromatic heterocycles. The Balaban J connectivity index is 1.59. The third-order valence-corrected chi connectivity index (χ3v) is 5.32. The predicted molar refractivity (Wildman–Crippen MR) is 98.6 cm³/mol. The fraction of sp³-hybridized carbons (Fsp3) is 0.632. The quantitative estimate of drug-likeness (QED) is 0.831. The smallest absolute Gasteiger partial charge is 0.259 e. The van der Waals surface area contributed by atoms with Crippen LogP contribution in [0.15, 0.2) is 16.8 Å². The molecule has 2 aliphatic rings. The summed E-state index contributed by atoms with van der Waals surface area (Å²) in [6.45, 7) is 1.83. The molecular formula is C19H27N5O. The number of nitrogens with zero attached hydrogens (tertiary/aromatic N) is 3. The van der Waals surface area contributed by atoms with Gasteiger partial charge in [0.1, 0.15) is 5.82 Å². The first-order valence-electron chi connectivity index (χ1n) is 9.62. The molecule has 6 nitrogen and oxygen atoms in total. The molecule has 2 aromatic rings. The van der Waals surface area contributed by atoms with Crippen molar-refractivity contribution < 1.29 is 4.52 Å². The van der Waals surface area contributed by atoms with Crippen molar-refractivity contribution in [1.82, 2.24) is 15.1 Å². The summed E-state index contributed by atoms with van der Waals surface area (Å²) < 4.78 is 5.32. The minimum Gasteiger partial charge on any atom is -0.379 e. The zero-order valence-corrected chi connectivity index (χ0v) is 14.9. The summed E-state index contributed by atoms with van der Waals surface area (Å²) in [4.78, 5) is 9.03. The zero-order valence-electron chi connectivity index (χ0n) is 14.9. The van der Waals surface area contributed by atoms with Crippen LogP contribution in [-0.4, -0.2) is 27.2 Å². The third kappa shape index (κ3) is 3.94. The minimum absolute atomic E-state index is 0.530. The lowest BCUT2D eigenvalue weighted by Gasteiger charge is -2.25. The molecule has 6 heteroatoms. The van der Waals surface area contributed by atoms with Crippen molar-refractivity contribution in [2.45, 2.75) is 76.8 Å². The van der Waals surface area contributed by atoms with Crippen LogP contribution in [0.5, 0.6) is 0 Å². The second-order valence-electron chi connectivity index (χ2n) is 7.37. The summed E-state index contributed by atoms with van der Waals surface area (Å²) in [5, 5.41) is 11.3. The van der Waals surface area contributed by atoms with Gasteiger partial charge in [0.05, 0.1) is 11.3 Å². The average molecular weight is 341 g/mol. The molecule has 2 fully saturated rings. The van der Waals surface area contributed by atoms with Gasteiger partial charge in [-0.15, -0.1) is 0 Å². The lowest BCUT2D eigenvalue weighted by molar-refractivity contribution is 0.425. The molecule has 0 atom stereocenters. The number of aromatic nitrogens is 3. The lowest BCUT2D eigenvalue weighted by atomic mass is 9.95. The first-order chi connectivity index (χ1) is 12.3. The second kappa shape index (κ2) is 7.42. The molecule has 134 valence electrons. The van der Waals surface area contributed by atoms with Gasteiger partial charge in [-0.05, 0) is 38.7 Å². The molecule has 0 aromatic carbocycles. The van der Waals surface area contributed by atoms with E-state index >= 15 is 0 Å². The molecule has 2 N–H and O–H groups in total. The normalized spacial score (nSPS) is 19.2. The Morgan fingerprint density at radius 2 is 1.64 bits per heavy atom. The van der Waals surface area contributed by atoms with E-state index in [9.17, 15) is 0 Å². The Morgan fingerprint density at radius 3 is 2.32 bits per heavy atom. The maximum atomic E-state index is 5.32. The summed E-state index contributed by atoms with van der Waals surface area (Å²) in [6, 6.07) is 3.17. The van der Waals surface area contributed by atoms with Crippen LogP contribution < -0.4 is 10.6 Å². The van der Waals surface area contributed by atoms with Crippen LogP contribution in [0, 0.1) is 6.92 Å². The van der Waals surface area contributed by atoms with Crippen LogP contribution in [0.4, 0.5) is 11.5 Å². The van der Waals surface area contributed by atoms with E-state index in [0.29, 0.717) is 23.8 Å². The van der Waals surface area contributed by atoms with Gasteiger partial charge in [-0.3, -0.25) is 0 Å². The monoisotopic (exact) mass is 341 g/mol. The number of rotatable bonds is 5. The molecule has 0 aliphatic heterocycles. The van der Waals surface area contributed by atoms with E-state index < -0.39 is 0 Å². The Labute approximate surface area is 148 Å². The summed E-state index contributed by atoms with van der Waals surface area (Å²) >= 11 is 0. The fourth-order valence-electron chi connectivity index (χ4n) is 3.95. The van der Waals surface area contributed by atoms with Crippen molar-refractivity contribution in [3.63, 3.8) is 0 Å². The van der Waals surface area contributed by atoms with E-state index in [1.165, 1.54) is 57.8 Å². The Morgan fingerprint density at radius 1 is 0.960 bits per heavy atom. The summed E-state index contributed by atoms with van der Waals surface area (Å²) in [5.41, 5.74) is 1.93. The van der Waals surface area contributed by atoms with Crippen molar-refractivity contribution in [1.29, 1.82) is 0 Å². The van der Waals surface area contributed by atoms with Crippen LogP contribution in [0.1, 0.15) is 63.6 Å². The van der Waals surface area contributed by atoms with Crippen LogP contribution >= 0.6 is 0 Å². The van der Waals surface area contributed by atoms with Gasteiger partial charge in [0, 0.05) is 18.3 Å². The molecule has 0 unspecified atom stereocenters. The van der Waals surface area contributed by atoms with Crippen molar-refractivity contribution >= 4 is 11.5 Å². The summed E-state index contributed by atoms with van der Waals surface area (Å²) in [5.74, 6) is 2.13. The number of pyridine rings is 1. The number of nitrogens with one attached hydrogen (secondary N) is 2. The molecule has 0 saturated heterocycles. The number of hydrogen-bond acceptors (Lipinski definition) is 6. The van der Waals surface area contributed by atoms with E-state index in [0.717, 1.165) is 17.1 Å². The van der Waals surface area contributed by atoms with Gasteiger partial charge < -0.3 is 15.2 Å². The van der Waals surface area contributed by atoms with E-state index in [1.54, 1.807) is 0 Å². The van der Waals surface area contributed by atoms with Crippen molar-refractivity contribution in [2.75, 3.05) is 10.6 Å². The molecule has 0 amide bonds. The average Bonchev–Trinajstić information content (AvgIpc) is 3.29. The van der Waals surface area contributed by atoms with Gasteiger partial charge in [0.2, 0.25) is 0 Å². The second-order valence-corrected chi connectivity index (χ2v) is 7.37. The first kappa shape index (κ1) is 16.4. The largest absolute Gasteiger partial charge is 0.379 e. The highest BCUT2D eigenvalue weighted by Gasteiger charge is 2.20. The maximum Gasteiger partial charge on any atom is 0.259 e. The van der Waals surface area contributed by atoms with Crippen LogP contribution in [0.3, 0.4) is 0 Å². The van der Waals surface area contributed by atoms with Gasteiger partial charge in [-0.1, -0.05) is 37.3 Å². The van der Waals surface area contributed by atoms with Gasteiger partial charge in [0.25, 0.3) is 5.89 Å². The number of aryl methyl sites for hydroxylation is 1. The van der Waals surface area contributed by atoms with Gasteiger partial charge >= 0.3 is 0 Å². The van der Waals surface area contributed by atoms with Crippen LogP contribution in [-0.2, 0) is 0 Å². The topological polar surface area (TPSA) is 75.9 Å². The highest BCUT2D eigenvalue weighted by molar-refractivity contribution is 5.71. The van der Waals surface area contributed by atoms with Gasteiger partial charge in [-0.2, -0.15) is 4.98 Å². The Hall–Kier alpha value is -2.11. The zero-order chi connectivity index (χ0) is 17.1. The molecular weight excluding hydrogens is 314 g/mol. The molecule has 4 rings (SSSR count). The molecule has 0 bridgehead atoms. The molecule has 2 aliphatic carbocycles. The molecule has 0 spiro atoms.